The highest BCUT2D eigenvalue weighted by Crippen LogP contribution is 2.38. The topological polar surface area (TPSA) is 134 Å². The van der Waals surface area contributed by atoms with Crippen LogP contribution >= 0.6 is 0 Å². The van der Waals surface area contributed by atoms with Gasteiger partial charge in [0.05, 0.1) is 18.0 Å². The fraction of sp³-hybridized carbons (Fsp3) is 0.208. The summed E-state index contributed by atoms with van der Waals surface area (Å²) in [5, 5.41) is 15.9. The molecule has 1 saturated carbocycles. The summed E-state index contributed by atoms with van der Waals surface area (Å²) in [5.74, 6) is -0.539. The van der Waals surface area contributed by atoms with E-state index in [1.165, 1.54) is 0 Å². The van der Waals surface area contributed by atoms with Crippen LogP contribution in [0.1, 0.15) is 24.8 Å². The summed E-state index contributed by atoms with van der Waals surface area (Å²) in [4.78, 5) is 32.7. The molecule has 32 heavy (non-hydrogen) atoms. The van der Waals surface area contributed by atoms with E-state index in [2.05, 4.69) is 26.7 Å². The zero-order valence-corrected chi connectivity index (χ0v) is 17.6. The van der Waals surface area contributed by atoms with Crippen molar-refractivity contribution >= 4 is 34.1 Å². The Bertz CT molecular complexity index is 1290. The summed E-state index contributed by atoms with van der Waals surface area (Å²) in [6.07, 6.45) is 9.26. The Balaban J connectivity index is 1.50. The summed E-state index contributed by atoms with van der Waals surface area (Å²) in [6, 6.07) is 9.59. The van der Waals surface area contributed by atoms with Gasteiger partial charge in [0.25, 0.3) is 0 Å². The third-order valence-electron chi connectivity index (χ3n) is 5.52. The number of fused-ring (bicyclic) bond motifs is 1. The Morgan fingerprint density at radius 1 is 1.22 bits per heavy atom. The Morgan fingerprint density at radius 3 is 2.72 bits per heavy atom. The smallest absolute Gasteiger partial charge is 0.249 e. The summed E-state index contributed by atoms with van der Waals surface area (Å²) >= 11 is 0. The lowest BCUT2D eigenvalue weighted by molar-refractivity contribution is -0.118. The van der Waals surface area contributed by atoms with E-state index in [0.717, 1.165) is 52.5 Å². The first-order valence-electron chi connectivity index (χ1n) is 10.2. The number of aryl methyl sites for hydroxylation is 1. The lowest BCUT2D eigenvalue weighted by Crippen LogP contribution is -2.35. The van der Waals surface area contributed by atoms with Gasteiger partial charge in [0, 0.05) is 47.4 Å². The molecule has 0 unspecified atom stereocenters. The van der Waals surface area contributed by atoms with Crippen molar-refractivity contribution < 1.29 is 9.59 Å². The first-order valence-corrected chi connectivity index (χ1v) is 10.2. The SMILES string of the molecule is Cc1ccncc1-c1cc(N)c2cnc(NC(=O)/C=C/C(=O)NC3(CC#N)CC3)cc2c1. The van der Waals surface area contributed by atoms with Crippen molar-refractivity contribution in [1.82, 2.24) is 15.3 Å². The number of rotatable bonds is 6. The van der Waals surface area contributed by atoms with Gasteiger partial charge in [-0.2, -0.15) is 5.26 Å². The van der Waals surface area contributed by atoms with E-state index in [9.17, 15) is 9.59 Å². The number of hydrogen-bond donors (Lipinski definition) is 3. The van der Waals surface area contributed by atoms with Crippen molar-refractivity contribution in [2.75, 3.05) is 11.1 Å². The van der Waals surface area contributed by atoms with E-state index in [1.807, 2.05) is 25.1 Å². The lowest BCUT2D eigenvalue weighted by Gasteiger charge is -2.11. The lowest BCUT2D eigenvalue weighted by atomic mass is 9.99. The Labute approximate surface area is 185 Å². The Kier molecular flexibility index (Phi) is 5.56. The van der Waals surface area contributed by atoms with Crippen LogP contribution < -0.4 is 16.4 Å². The van der Waals surface area contributed by atoms with Crippen molar-refractivity contribution in [2.45, 2.75) is 31.7 Å². The van der Waals surface area contributed by atoms with Crippen molar-refractivity contribution in [3.8, 4) is 17.2 Å². The van der Waals surface area contributed by atoms with Gasteiger partial charge in [-0.05, 0) is 60.5 Å². The molecule has 0 spiro atoms. The standard InChI is InChI=1S/C24H22N6O2/c1-15-4-9-27-13-18(15)16-10-17-12-21(28-14-19(17)20(26)11-16)29-22(31)2-3-23(32)30-24(5-6-24)7-8-25/h2-4,9-14H,5-7,26H2,1H3,(H,30,32)(H,28,29,31)/b3-2+. The van der Waals surface area contributed by atoms with Gasteiger partial charge in [-0.1, -0.05) is 0 Å². The summed E-state index contributed by atoms with van der Waals surface area (Å²) in [5.41, 5.74) is 9.35. The zero-order chi connectivity index (χ0) is 22.7. The molecule has 160 valence electrons. The Hall–Kier alpha value is -4.25. The van der Waals surface area contributed by atoms with Crippen LogP contribution in [-0.4, -0.2) is 27.3 Å². The largest absolute Gasteiger partial charge is 0.398 e. The predicted octanol–water partition coefficient (Wildman–Crippen LogP) is 3.24. The first kappa shape index (κ1) is 21.0. The molecule has 4 N–H and O–H groups in total. The number of hydrogen-bond acceptors (Lipinski definition) is 6. The van der Waals surface area contributed by atoms with E-state index < -0.39 is 17.4 Å². The number of nitrogens with zero attached hydrogens (tertiary/aromatic N) is 3. The molecule has 2 aromatic heterocycles. The van der Waals surface area contributed by atoms with Crippen LogP contribution in [0.5, 0.6) is 0 Å². The van der Waals surface area contributed by atoms with Gasteiger partial charge in [0.1, 0.15) is 5.82 Å². The third-order valence-corrected chi connectivity index (χ3v) is 5.52. The number of pyridine rings is 2. The number of nitriles is 1. The Morgan fingerprint density at radius 2 is 2.00 bits per heavy atom. The van der Waals surface area contributed by atoms with Crippen LogP contribution in [0.15, 0.2) is 55.0 Å². The van der Waals surface area contributed by atoms with Crippen LogP contribution in [0.25, 0.3) is 21.9 Å². The highest BCUT2D eigenvalue weighted by Gasteiger charge is 2.43. The third kappa shape index (κ3) is 4.57. The minimum Gasteiger partial charge on any atom is -0.398 e. The fourth-order valence-corrected chi connectivity index (χ4v) is 3.55. The van der Waals surface area contributed by atoms with Crippen molar-refractivity contribution in [2.24, 2.45) is 0 Å². The molecule has 2 amide bonds. The van der Waals surface area contributed by atoms with E-state index in [4.69, 9.17) is 11.0 Å². The molecule has 0 aliphatic heterocycles. The molecule has 1 aliphatic rings. The molecule has 1 fully saturated rings. The van der Waals surface area contributed by atoms with Gasteiger partial charge in [0.15, 0.2) is 0 Å². The molecule has 0 bridgehead atoms. The molecule has 3 aromatic rings. The molecule has 1 aromatic carbocycles. The summed E-state index contributed by atoms with van der Waals surface area (Å²) in [7, 11) is 0. The molecule has 1 aliphatic carbocycles. The van der Waals surface area contributed by atoms with Gasteiger partial charge in [0.2, 0.25) is 11.8 Å². The van der Waals surface area contributed by atoms with E-state index in [1.54, 1.807) is 24.7 Å². The van der Waals surface area contributed by atoms with E-state index in [0.29, 0.717) is 11.5 Å². The van der Waals surface area contributed by atoms with Crippen molar-refractivity contribution in [3.05, 3.63) is 60.6 Å². The highest BCUT2D eigenvalue weighted by atomic mass is 16.2. The number of nitrogens with one attached hydrogen (secondary N) is 2. The van der Waals surface area contributed by atoms with Gasteiger partial charge < -0.3 is 16.4 Å². The molecule has 8 nitrogen and oxygen atoms in total. The first-order chi connectivity index (χ1) is 15.4. The summed E-state index contributed by atoms with van der Waals surface area (Å²) in [6.45, 7) is 2.00. The minimum atomic E-state index is -0.482. The number of aromatic nitrogens is 2. The van der Waals surface area contributed by atoms with Crippen LogP contribution in [-0.2, 0) is 9.59 Å². The number of anilines is 2. The van der Waals surface area contributed by atoms with Crippen LogP contribution in [0.4, 0.5) is 11.5 Å². The maximum Gasteiger partial charge on any atom is 0.249 e. The highest BCUT2D eigenvalue weighted by molar-refractivity contribution is 6.04. The molecule has 2 heterocycles. The molecular weight excluding hydrogens is 404 g/mol. The van der Waals surface area contributed by atoms with Crippen LogP contribution in [0.3, 0.4) is 0 Å². The number of carbonyl (C=O) groups excluding carboxylic acids is 2. The van der Waals surface area contributed by atoms with E-state index in [-0.39, 0.29) is 6.42 Å². The van der Waals surface area contributed by atoms with Crippen LogP contribution in [0, 0.1) is 18.3 Å². The maximum atomic E-state index is 12.3. The van der Waals surface area contributed by atoms with Gasteiger partial charge >= 0.3 is 0 Å². The number of amides is 2. The van der Waals surface area contributed by atoms with Crippen LogP contribution in [0.2, 0.25) is 0 Å². The molecule has 0 saturated heterocycles. The minimum absolute atomic E-state index is 0.267. The molecule has 4 rings (SSSR count). The van der Waals surface area contributed by atoms with Gasteiger partial charge in [-0.15, -0.1) is 0 Å². The fourth-order valence-electron chi connectivity index (χ4n) is 3.55. The number of benzene rings is 1. The second-order valence-corrected chi connectivity index (χ2v) is 7.97. The monoisotopic (exact) mass is 426 g/mol. The maximum absolute atomic E-state index is 12.3. The van der Waals surface area contributed by atoms with Crippen molar-refractivity contribution in [1.29, 1.82) is 5.26 Å². The normalized spacial score (nSPS) is 14.1. The molecular formula is C24H22N6O2. The van der Waals surface area contributed by atoms with E-state index >= 15 is 0 Å². The second-order valence-electron chi connectivity index (χ2n) is 7.97. The quantitative estimate of drug-likeness (QED) is 0.409. The number of nitrogens with two attached hydrogens (primary N) is 1. The predicted molar refractivity (Wildman–Crippen MR) is 122 cm³/mol. The van der Waals surface area contributed by atoms with Gasteiger partial charge in [-0.3, -0.25) is 14.6 Å². The average molecular weight is 426 g/mol. The zero-order valence-electron chi connectivity index (χ0n) is 17.6. The molecule has 0 atom stereocenters. The second kappa shape index (κ2) is 8.47. The molecule has 8 heteroatoms. The molecule has 0 radical (unpaired) electrons. The summed E-state index contributed by atoms with van der Waals surface area (Å²) < 4.78 is 0. The average Bonchev–Trinajstić information content (AvgIpc) is 3.51. The van der Waals surface area contributed by atoms with Crippen molar-refractivity contribution in [3.63, 3.8) is 0 Å². The number of nitrogen functional groups attached to an aromatic ring is 1. The van der Waals surface area contributed by atoms with Gasteiger partial charge in [-0.25, -0.2) is 4.98 Å². The number of carbonyl (C=O) groups is 2.